The van der Waals surface area contributed by atoms with E-state index in [1.165, 1.54) is 13.2 Å². The Kier molecular flexibility index (Phi) is 6.73. The number of anilines is 2. The topological polar surface area (TPSA) is 97.6 Å². The summed E-state index contributed by atoms with van der Waals surface area (Å²) in [6.07, 6.45) is 0.817. The van der Waals surface area contributed by atoms with Crippen LogP contribution < -0.4 is 21.0 Å². The molecule has 1 aromatic heterocycles. The molecule has 4 aromatic rings. The minimum absolute atomic E-state index is 0.150. The third-order valence-corrected chi connectivity index (χ3v) is 5.44. The van der Waals surface area contributed by atoms with Gasteiger partial charge in [-0.05, 0) is 60.9 Å². The highest BCUT2D eigenvalue weighted by molar-refractivity contribution is 6.06. The molecular weight excluding hydrogens is 432 g/mol. The fourth-order valence-corrected chi connectivity index (χ4v) is 3.67. The first-order valence-corrected chi connectivity index (χ1v) is 10.8. The summed E-state index contributed by atoms with van der Waals surface area (Å²) in [6, 6.07) is 21.1. The Hall–Kier alpha value is -4.39. The molecule has 34 heavy (non-hydrogen) atoms. The third-order valence-electron chi connectivity index (χ3n) is 5.44. The molecule has 0 atom stereocenters. The number of hydrogen-bond donors (Lipinski definition) is 2. The van der Waals surface area contributed by atoms with E-state index < -0.39 is 5.63 Å². The summed E-state index contributed by atoms with van der Waals surface area (Å²) in [7, 11) is 1.52. The van der Waals surface area contributed by atoms with Crippen LogP contribution in [0.3, 0.4) is 0 Å². The Balaban J connectivity index is 1.33. The van der Waals surface area contributed by atoms with Crippen molar-refractivity contribution >= 4 is 34.2 Å². The monoisotopic (exact) mass is 456 g/mol. The quantitative estimate of drug-likeness (QED) is 0.384. The molecule has 0 saturated carbocycles. The van der Waals surface area contributed by atoms with Crippen molar-refractivity contribution in [3.05, 3.63) is 99.9 Å². The average Bonchev–Trinajstić information content (AvgIpc) is 2.83. The van der Waals surface area contributed by atoms with Crippen LogP contribution >= 0.6 is 0 Å². The molecule has 0 aliphatic carbocycles. The van der Waals surface area contributed by atoms with E-state index in [0.717, 1.165) is 16.5 Å². The molecular formula is C27H24N2O5. The molecule has 7 nitrogen and oxygen atoms in total. The highest BCUT2D eigenvalue weighted by Gasteiger charge is 2.12. The zero-order valence-corrected chi connectivity index (χ0v) is 18.9. The minimum atomic E-state index is -0.420. The highest BCUT2D eigenvalue weighted by atomic mass is 16.5. The molecule has 3 aromatic carbocycles. The molecule has 2 N–H and O–H groups in total. The van der Waals surface area contributed by atoms with Gasteiger partial charge in [0.2, 0.25) is 5.91 Å². The second-order valence-corrected chi connectivity index (χ2v) is 7.86. The Bertz CT molecular complexity index is 1410. The number of hydrogen-bond acceptors (Lipinski definition) is 5. The summed E-state index contributed by atoms with van der Waals surface area (Å²) in [6.45, 7) is 1.84. The zero-order valence-electron chi connectivity index (χ0n) is 18.9. The van der Waals surface area contributed by atoms with Crippen molar-refractivity contribution in [3.63, 3.8) is 0 Å². The number of nitrogens with one attached hydrogen (secondary N) is 2. The van der Waals surface area contributed by atoms with Gasteiger partial charge in [0.1, 0.15) is 11.3 Å². The molecule has 7 heteroatoms. The Morgan fingerprint density at radius 1 is 0.912 bits per heavy atom. The van der Waals surface area contributed by atoms with Crippen LogP contribution in [-0.4, -0.2) is 18.9 Å². The summed E-state index contributed by atoms with van der Waals surface area (Å²) in [4.78, 5) is 36.5. The fraction of sp³-hybridized carbons (Fsp3) is 0.148. The van der Waals surface area contributed by atoms with E-state index in [2.05, 4.69) is 10.6 Å². The SMILES string of the molecule is COc1ccccc1C(=O)Nc1ccc(CCC(=O)Nc2ccc3c(C)cc(=O)oc3c2)cc1. The van der Waals surface area contributed by atoms with Crippen LogP contribution in [0.15, 0.2) is 82.0 Å². The number of aryl methyl sites for hydroxylation is 2. The number of fused-ring (bicyclic) bond motifs is 1. The lowest BCUT2D eigenvalue weighted by atomic mass is 10.1. The molecule has 0 bridgehead atoms. The molecule has 0 radical (unpaired) electrons. The second-order valence-electron chi connectivity index (χ2n) is 7.86. The summed E-state index contributed by atoms with van der Waals surface area (Å²) >= 11 is 0. The van der Waals surface area contributed by atoms with Crippen molar-refractivity contribution in [2.45, 2.75) is 19.8 Å². The van der Waals surface area contributed by atoms with E-state index in [0.29, 0.717) is 34.7 Å². The minimum Gasteiger partial charge on any atom is -0.496 e. The van der Waals surface area contributed by atoms with Crippen molar-refractivity contribution < 1.29 is 18.7 Å². The number of carbonyl (C=O) groups excluding carboxylic acids is 2. The Morgan fingerprint density at radius 2 is 1.65 bits per heavy atom. The van der Waals surface area contributed by atoms with Crippen LogP contribution in [0.1, 0.15) is 27.9 Å². The van der Waals surface area contributed by atoms with Crippen molar-refractivity contribution in [1.82, 2.24) is 0 Å². The predicted molar refractivity (Wildman–Crippen MR) is 132 cm³/mol. The first-order valence-electron chi connectivity index (χ1n) is 10.8. The van der Waals surface area contributed by atoms with E-state index in [-0.39, 0.29) is 18.2 Å². The summed E-state index contributed by atoms with van der Waals surface area (Å²) in [5.74, 6) is 0.0974. The van der Waals surface area contributed by atoms with Crippen LogP contribution in [0.4, 0.5) is 11.4 Å². The Morgan fingerprint density at radius 3 is 2.41 bits per heavy atom. The first-order chi connectivity index (χ1) is 16.4. The molecule has 2 amide bonds. The van der Waals surface area contributed by atoms with Gasteiger partial charge < -0.3 is 19.8 Å². The maximum atomic E-state index is 12.5. The number of rotatable bonds is 7. The van der Waals surface area contributed by atoms with Crippen LogP contribution in [0, 0.1) is 6.92 Å². The van der Waals surface area contributed by atoms with Crippen molar-refractivity contribution in [2.24, 2.45) is 0 Å². The largest absolute Gasteiger partial charge is 0.496 e. The molecule has 0 unspecified atom stereocenters. The molecule has 172 valence electrons. The normalized spacial score (nSPS) is 10.6. The number of para-hydroxylation sites is 1. The number of ether oxygens (including phenoxy) is 1. The van der Waals surface area contributed by atoms with Crippen LogP contribution in [-0.2, 0) is 11.2 Å². The molecule has 0 saturated heterocycles. The van der Waals surface area contributed by atoms with Gasteiger partial charge in [-0.25, -0.2) is 4.79 Å². The van der Waals surface area contributed by atoms with E-state index >= 15 is 0 Å². The maximum Gasteiger partial charge on any atom is 0.336 e. The standard InChI is InChI=1S/C27H24N2O5/c1-17-15-26(31)34-24-16-20(12-13-21(17)24)28-25(30)14-9-18-7-10-19(11-8-18)29-27(32)22-5-3-4-6-23(22)33-2/h3-8,10-13,15-16H,9,14H2,1-2H3,(H,28,30)(H,29,32). The lowest BCUT2D eigenvalue weighted by Crippen LogP contribution is -2.13. The zero-order chi connectivity index (χ0) is 24.1. The lowest BCUT2D eigenvalue weighted by molar-refractivity contribution is -0.116. The summed E-state index contributed by atoms with van der Waals surface area (Å²) in [5.41, 5.74) is 3.48. The lowest BCUT2D eigenvalue weighted by Gasteiger charge is -2.10. The van der Waals surface area contributed by atoms with Crippen molar-refractivity contribution in [1.29, 1.82) is 0 Å². The summed E-state index contributed by atoms with van der Waals surface area (Å²) < 4.78 is 10.5. The molecule has 0 spiro atoms. The molecule has 0 fully saturated rings. The maximum absolute atomic E-state index is 12.5. The van der Waals surface area contributed by atoms with Crippen LogP contribution in [0.2, 0.25) is 0 Å². The number of benzene rings is 3. The van der Waals surface area contributed by atoms with Crippen molar-refractivity contribution in [2.75, 3.05) is 17.7 Å². The predicted octanol–water partition coefficient (Wildman–Crippen LogP) is 4.93. The van der Waals surface area contributed by atoms with Gasteiger partial charge in [0, 0.05) is 35.3 Å². The van der Waals surface area contributed by atoms with Crippen LogP contribution in [0.25, 0.3) is 11.0 Å². The molecule has 0 aliphatic heterocycles. The second kappa shape index (κ2) is 10.0. The third kappa shape index (κ3) is 5.32. The first kappa shape index (κ1) is 22.8. The number of carbonyl (C=O) groups is 2. The molecule has 1 heterocycles. The number of amides is 2. The van der Waals surface area contributed by atoms with E-state index in [9.17, 15) is 14.4 Å². The van der Waals surface area contributed by atoms with Gasteiger partial charge in [-0.1, -0.05) is 24.3 Å². The van der Waals surface area contributed by atoms with Gasteiger partial charge in [0.05, 0.1) is 12.7 Å². The van der Waals surface area contributed by atoms with Gasteiger partial charge in [0.25, 0.3) is 5.91 Å². The van der Waals surface area contributed by atoms with Crippen LogP contribution in [0.5, 0.6) is 5.75 Å². The number of methoxy groups -OCH3 is 1. The highest BCUT2D eigenvalue weighted by Crippen LogP contribution is 2.22. The van der Waals surface area contributed by atoms with E-state index in [4.69, 9.17) is 9.15 Å². The van der Waals surface area contributed by atoms with Gasteiger partial charge in [-0.15, -0.1) is 0 Å². The summed E-state index contributed by atoms with van der Waals surface area (Å²) in [5, 5.41) is 6.52. The molecule has 4 rings (SSSR count). The molecule has 0 aliphatic rings. The van der Waals surface area contributed by atoms with Gasteiger partial charge in [-0.3, -0.25) is 9.59 Å². The Labute approximate surface area is 196 Å². The average molecular weight is 456 g/mol. The smallest absolute Gasteiger partial charge is 0.336 e. The van der Waals surface area contributed by atoms with E-state index in [1.807, 2.05) is 25.1 Å². The van der Waals surface area contributed by atoms with Gasteiger partial charge in [-0.2, -0.15) is 0 Å². The van der Waals surface area contributed by atoms with Gasteiger partial charge in [0.15, 0.2) is 0 Å². The van der Waals surface area contributed by atoms with E-state index in [1.54, 1.807) is 48.5 Å². The van der Waals surface area contributed by atoms with Gasteiger partial charge >= 0.3 is 5.63 Å². The van der Waals surface area contributed by atoms with Crippen molar-refractivity contribution in [3.8, 4) is 5.75 Å². The fourth-order valence-electron chi connectivity index (χ4n) is 3.67.